The molecular weight excluding hydrogens is 276 g/mol. The average molecular weight is 298 g/mol. The topological polar surface area (TPSA) is 52.6 Å². The lowest BCUT2D eigenvalue weighted by Crippen LogP contribution is -2.39. The highest BCUT2D eigenvalue weighted by Crippen LogP contribution is 2.31. The summed E-state index contributed by atoms with van der Waals surface area (Å²) >= 11 is 0. The van der Waals surface area contributed by atoms with Crippen molar-refractivity contribution < 1.29 is 9.90 Å². The fourth-order valence-electron chi connectivity index (χ4n) is 2.47. The minimum absolute atomic E-state index is 0.0443. The van der Waals surface area contributed by atoms with Crippen LogP contribution in [0.2, 0.25) is 0 Å². The van der Waals surface area contributed by atoms with E-state index in [-0.39, 0.29) is 17.7 Å². The summed E-state index contributed by atoms with van der Waals surface area (Å²) in [6, 6.07) is 14.5. The van der Waals surface area contributed by atoms with E-state index in [0.717, 1.165) is 12.0 Å². The fourth-order valence-corrected chi connectivity index (χ4v) is 2.47. The van der Waals surface area contributed by atoms with Crippen molar-refractivity contribution in [1.82, 2.24) is 4.90 Å². The first-order valence-corrected chi connectivity index (χ1v) is 7.38. The van der Waals surface area contributed by atoms with Gasteiger partial charge in [-0.25, -0.2) is 0 Å². The molecule has 0 aromatic heterocycles. The van der Waals surface area contributed by atoms with Gasteiger partial charge in [0.25, 0.3) is 0 Å². The van der Waals surface area contributed by atoms with Crippen molar-refractivity contribution in [3.63, 3.8) is 0 Å². The zero-order valence-electron chi connectivity index (χ0n) is 13.2. The first kappa shape index (κ1) is 16.0. The van der Waals surface area contributed by atoms with Crippen molar-refractivity contribution in [3.8, 4) is 16.9 Å². The maximum Gasteiger partial charge on any atom is 0.241 e. The van der Waals surface area contributed by atoms with Gasteiger partial charge in [-0.15, -0.1) is 0 Å². The molecule has 0 saturated carbocycles. The van der Waals surface area contributed by atoms with Crippen LogP contribution in [0.25, 0.3) is 11.1 Å². The molecule has 0 unspecified atom stereocenters. The number of benzene rings is 2. The Morgan fingerprint density at radius 3 is 2.45 bits per heavy atom. The van der Waals surface area contributed by atoms with Gasteiger partial charge in [0.15, 0.2) is 0 Å². The predicted octanol–water partition coefficient (Wildman–Crippen LogP) is 3.34. The molecule has 4 nitrogen and oxygen atoms in total. The molecule has 0 aliphatic rings. The predicted molar refractivity (Wildman–Crippen MR) is 89.9 cm³/mol. The van der Waals surface area contributed by atoms with Crippen LogP contribution in [0.1, 0.15) is 13.3 Å². The van der Waals surface area contributed by atoms with Gasteiger partial charge < -0.3 is 10.4 Å². The number of likely N-dealkylation sites (N-methyl/N-ethyl adjacent to an activating group) is 1. The molecule has 22 heavy (non-hydrogen) atoms. The highest BCUT2D eigenvalue weighted by Gasteiger charge is 2.18. The summed E-state index contributed by atoms with van der Waals surface area (Å²) in [5, 5.41) is 13.0. The van der Waals surface area contributed by atoms with E-state index in [9.17, 15) is 9.90 Å². The molecule has 0 heterocycles. The molecule has 0 spiro atoms. The van der Waals surface area contributed by atoms with E-state index in [1.165, 1.54) is 0 Å². The molecule has 0 aliphatic heterocycles. The summed E-state index contributed by atoms with van der Waals surface area (Å²) in [6.45, 7) is 1.98. The van der Waals surface area contributed by atoms with Crippen molar-refractivity contribution in [2.24, 2.45) is 0 Å². The van der Waals surface area contributed by atoms with E-state index in [0.29, 0.717) is 11.3 Å². The molecule has 0 aliphatic carbocycles. The van der Waals surface area contributed by atoms with Gasteiger partial charge >= 0.3 is 0 Å². The Morgan fingerprint density at radius 2 is 1.86 bits per heavy atom. The Hall–Kier alpha value is -2.33. The van der Waals surface area contributed by atoms with Crippen molar-refractivity contribution in [2.75, 3.05) is 19.4 Å². The molecule has 2 N–H and O–H groups in total. The summed E-state index contributed by atoms with van der Waals surface area (Å²) in [5.74, 6) is 0.154. The molecule has 4 heteroatoms. The molecule has 2 rings (SSSR count). The van der Waals surface area contributed by atoms with Crippen LogP contribution in [0.4, 0.5) is 5.69 Å². The lowest BCUT2D eigenvalue weighted by molar-refractivity contribution is -0.120. The van der Waals surface area contributed by atoms with Crippen LogP contribution in [-0.2, 0) is 4.79 Å². The van der Waals surface area contributed by atoms with Crippen LogP contribution in [0.5, 0.6) is 5.75 Å². The van der Waals surface area contributed by atoms with Gasteiger partial charge in [-0.1, -0.05) is 37.3 Å². The van der Waals surface area contributed by atoms with E-state index in [1.807, 2.05) is 56.3 Å². The molecule has 1 atom stereocenters. The average Bonchev–Trinajstić information content (AvgIpc) is 2.50. The fraction of sp³-hybridized carbons (Fsp3) is 0.278. The maximum atomic E-state index is 12.3. The van der Waals surface area contributed by atoms with Crippen LogP contribution in [0.15, 0.2) is 48.5 Å². The smallest absolute Gasteiger partial charge is 0.241 e. The molecule has 0 bridgehead atoms. The maximum absolute atomic E-state index is 12.3. The van der Waals surface area contributed by atoms with Crippen molar-refractivity contribution >= 4 is 11.6 Å². The zero-order valence-corrected chi connectivity index (χ0v) is 13.2. The van der Waals surface area contributed by atoms with Gasteiger partial charge in [0.05, 0.1) is 6.04 Å². The number of hydrogen-bond donors (Lipinski definition) is 2. The summed E-state index contributed by atoms with van der Waals surface area (Å²) in [6.07, 6.45) is 0.739. The molecular formula is C18H22N2O2. The van der Waals surface area contributed by atoms with Gasteiger partial charge in [-0.3, -0.25) is 9.69 Å². The third kappa shape index (κ3) is 3.65. The Kier molecular flexibility index (Phi) is 5.17. The Labute approximate surface area is 131 Å². The molecule has 1 amide bonds. The molecule has 0 saturated heterocycles. The van der Waals surface area contributed by atoms with E-state index in [1.54, 1.807) is 18.2 Å². The number of amides is 1. The second-order valence-electron chi connectivity index (χ2n) is 5.47. The monoisotopic (exact) mass is 298 g/mol. The summed E-state index contributed by atoms with van der Waals surface area (Å²) in [4.78, 5) is 14.2. The quantitative estimate of drug-likeness (QED) is 0.832. The van der Waals surface area contributed by atoms with E-state index < -0.39 is 0 Å². The Balaban J connectivity index is 2.25. The van der Waals surface area contributed by atoms with Crippen LogP contribution in [-0.4, -0.2) is 36.1 Å². The number of phenols is 1. The molecule has 116 valence electrons. The lowest BCUT2D eigenvalue weighted by Gasteiger charge is -2.22. The standard InChI is InChI=1S/C18H22N2O2/c1-4-16(20(2)3)18(22)19-14-10-11-17(21)15(12-14)13-8-6-5-7-9-13/h5-12,16,21H,4H2,1-3H3,(H,19,22)/t16-/m1/s1. The Morgan fingerprint density at radius 1 is 1.18 bits per heavy atom. The number of carbonyl (C=O) groups excluding carboxylic acids is 1. The number of phenolic OH excluding ortho intramolecular Hbond substituents is 1. The minimum Gasteiger partial charge on any atom is -0.507 e. The van der Waals surface area contributed by atoms with Crippen molar-refractivity contribution in [3.05, 3.63) is 48.5 Å². The summed E-state index contributed by atoms with van der Waals surface area (Å²) < 4.78 is 0. The third-order valence-corrected chi connectivity index (χ3v) is 3.66. The highest BCUT2D eigenvalue weighted by molar-refractivity contribution is 5.95. The lowest BCUT2D eigenvalue weighted by atomic mass is 10.0. The molecule has 0 fully saturated rings. The number of nitrogens with zero attached hydrogens (tertiary/aromatic N) is 1. The first-order chi connectivity index (χ1) is 10.5. The van der Waals surface area contributed by atoms with Crippen LogP contribution in [0, 0.1) is 0 Å². The Bertz CT molecular complexity index is 639. The highest BCUT2D eigenvalue weighted by atomic mass is 16.3. The minimum atomic E-state index is -0.172. The number of hydrogen-bond acceptors (Lipinski definition) is 3. The van der Waals surface area contributed by atoms with Crippen molar-refractivity contribution in [2.45, 2.75) is 19.4 Å². The zero-order chi connectivity index (χ0) is 16.1. The summed E-state index contributed by atoms with van der Waals surface area (Å²) in [5.41, 5.74) is 2.30. The second kappa shape index (κ2) is 7.09. The van der Waals surface area contributed by atoms with Crippen LogP contribution in [0.3, 0.4) is 0 Å². The number of carbonyl (C=O) groups is 1. The van der Waals surface area contributed by atoms with Gasteiger partial charge in [0.2, 0.25) is 5.91 Å². The first-order valence-electron chi connectivity index (χ1n) is 7.38. The van der Waals surface area contributed by atoms with Gasteiger partial charge in [0.1, 0.15) is 5.75 Å². The third-order valence-electron chi connectivity index (χ3n) is 3.66. The van der Waals surface area contributed by atoms with E-state index >= 15 is 0 Å². The van der Waals surface area contributed by atoms with E-state index in [4.69, 9.17) is 0 Å². The van der Waals surface area contributed by atoms with E-state index in [2.05, 4.69) is 5.32 Å². The van der Waals surface area contributed by atoms with Crippen molar-refractivity contribution in [1.29, 1.82) is 0 Å². The second-order valence-corrected chi connectivity index (χ2v) is 5.47. The largest absolute Gasteiger partial charge is 0.507 e. The molecule has 0 radical (unpaired) electrons. The molecule has 2 aromatic carbocycles. The number of anilines is 1. The summed E-state index contributed by atoms with van der Waals surface area (Å²) in [7, 11) is 3.78. The normalized spacial score (nSPS) is 12.2. The van der Waals surface area contributed by atoms with Crippen LogP contribution >= 0.6 is 0 Å². The number of nitrogens with one attached hydrogen (secondary N) is 1. The number of rotatable bonds is 5. The molecule has 2 aromatic rings. The SMILES string of the molecule is CC[C@H](C(=O)Nc1ccc(O)c(-c2ccccc2)c1)N(C)C. The van der Waals surface area contributed by atoms with Crippen LogP contribution < -0.4 is 5.32 Å². The number of aromatic hydroxyl groups is 1. The van der Waals surface area contributed by atoms with Gasteiger partial charge in [0, 0.05) is 11.3 Å². The van der Waals surface area contributed by atoms with Gasteiger partial charge in [-0.2, -0.15) is 0 Å². The van der Waals surface area contributed by atoms with Gasteiger partial charge in [-0.05, 0) is 44.3 Å².